The highest BCUT2D eigenvalue weighted by atomic mass is 32.2. The average molecular weight is 437 g/mol. The van der Waals surface area contributed by atoms with Crippen LogP contribution in [0, 0.1) is 11.6 Å². The van der Waals surface area contributed by atoms with Crippen LogP contribution in [0.25, 0.3) is 0 Å². The third kappa shape index (κ3) is 5.00. The topological polar surface area (TPSA) is 86.8 Å². The average Bonchev–Trinajstić information content (AvgIpc) is 2.76. The molecule has 2 aromatic rings. The third-order valence-electron chi connectivity index (χ3n) is 4.76. The fraction of sp³-hybridized carbons (Fsp3) is 0.300. The molecule has 1 N–H and O–H groups in total. The van der Waals surface area contributed by atoms with Gasteiger partial charge in [0.05, 0.1) is 0 Å². The van der Waals surface area contributed by atoms with Crippen molar-refractivity contribution in [2.45, 2.75) is 11.3 Å². The SMILES string of the molecule is O=C(NCCC(=O)N1CCN(S(=O)(=O)c2cc(F)ccc2F)CC1)c1ccccc1. The Morgan fingerprint density at radius 3 is 2.30 bits per heavy atom. The lowest BCUT2D eigenvalue weighted by atomic mass is 10.2. The van der Waals surface area contributed by atoms with Crippen LogP contribution in [-0.4, -0.2) is 62.2 Å². The van der Waals surface area contributed by atoms with Gasteiger partial charge < -0.3 is 10.2 Å². The first-order valence-electron chi connectivity index (χ1n) is 9.35. The maximum atomic E-state index is 13.9. The molecule has 0 aromatic heterocycles. The second-order valence-electron chi connectivity index (χ2n) is 6.73. The maximum Gasteiger partial charge on any atom is 0.251 e. The van der Waals surface area contributed by atoms with Gasteiger partial charge in [-0.1, -0.05) is 18.2 Å². The smallest absolute Gasteiger partial charge is 0.251 e. The van der Waals surface area contributed by atoms with Gasteiger partial charge in [-0.05, 0) is 30.3 Å². The first-order chi connectivity index (χ1) is 14.3. The van der Waals surface area contributed by atoms with Crippen LogP contribution in [0.5, 0.6) is 0 Å². The van der Waals surface area contributed by atoms with Crippen LogP contribution in [0.15, 0.2) is 53.4 Å². The quantitative estimate of drug-likeness (QED) is 0.744. The van der Waals surface area contributed by atoms with E-state index in [0.29, 0.717) is 11.6 Å². The molecule has 2 amide bonds. The molecule has 0 radical (unpaired) electrons. The number of carbonyl (C=O) groups is 2. The van der Waals surface area contributed by atoms with Crippen molar-refractivity contribution < 1.29 is 26.8 Å². The molecule has 30 heavy (non-hydrogen) atoms. The molecule has 10 heteroatoms. The van der Waals surface area contributed by atoms with Crippen molar-refractivity contribution in [1.82, 2.24) is 14.5 Å². The third-order valence-corrected chi connectivity index (χ3v) is 6.68. The first-order valence-corrected chi connectivity index (χ1v) is 10.8. The monoisotopic (exact) mass is 437 g/mol. The fourth-order valence-corrected chi connectivity index (χ4v) is 4.62. The van der Waals surface area contributed by atoms with E-state index >= 15 is 0 Å². The van der Waals surface area contributed by atoms with E-state index in [9.17, 15) is 26.8 Å². The van der Waals surface area contributed by atoms with Gasteiger partial charge in [-0.2, -0.15) is 4.31 Å². The lowest BCUT2D eigenvalue weighted by molar-refractivity contribution is -0.132. The molecule has 3 rings (SSSR count). The van der Waals surface area contributed by atoms with Crippen molar-refractivity contribution in [3.63, 3.8) is 0 Å². The second-order valence-corrected chi connectivity index (χ2v) is 8.64. The van der Waals surface area contributed by atoms with E-state index in [1.165, 1.54) is 4.90 Å². The Morgan fingerprint density at radius 2 is 1.63 bits per heavy atom. The van der Waals surface area contributed by atoms with Gasteiger partial charge in [0.1, 0.15) is 16.5 Å². The summed E-state index contributed by atoms with van der Waals surface area (Å²) in [7, 11) is -4.20. The summed E-state index contributed by atoms with van der Waals surface area (Å²) >= 11 is 0. The number of nitrogens with one attached hydrogen (secondary N) is 1. The number of rotatable bonds is 6. The van der Waals surface area contributed by atoms with E-state index < -0.39 is 26.6 Å². The van der Waals surface area contributed by atoms with Crippen LogP contribution in [-0.2, 0) is 14.8 Å². The summed E-state index contributed by atoms with van der Waals surface area (Å²) in [6, 6.07) is 10.9. The number of amides is 2. The van der Waals surface area contributed by atoms with Crippen LogP contribution in [0.4, 0.5) is 8.78 Å². The summed E-state index contributed by atoms with van der Waals surface area (Å²) in [5, 5.41) is 2.67. The number of hydrogen-bond acceptors (Lipinski definition) is 4. The minimum absolute atomic E-state index is 0.0274. The van der Waals surface area contributed by atoms with E-state index in [4.69, 9.17) is 0 Å². The highest BCUT2D eigenvalue weighted by Gasteiger charge is 2.32. The van der Waals surface area contributed by atoms with Gasteiger partial charge in [0, 0.05) is 44.7 Å². The molecule has 1 aliphatic heterocycles. The van der Waals surface area contributed by atoms with Gasteiger partial charge in [0.25, 0.3) is 5.91 Å². The molecule has 0 spiro atoms. The molecule has 1 aliphatic rings. The molecule has 7 nitrogen and oxygen atoms in total. The summed E-state index contributed by atoms with van der Waals surface area (Å²) < 4.78 is 53.5. The van der Waals surface area contributed by atoms with E-state index in [0.717, 1.165) is 16.4 Å². The van der Waals surface area contributed by atoms with Crippen LogP contribution in [0.2, 0.25) is 0 Å². The predicted molar refractivity (Wildman–Crippen MR) is 105 cm³/mol. The molecule has 0 aliphatic carbocycles. The molecule has 1 saturated heterocycles. The number of hydrogen-bond donors (Lipinski definition) is 1. The van der Waals surface area contributed by atoms with Crippen molar-refractivity contribution in [1.29, 1.82) is 0 Å². The lowest BCUT2D eigenvalue weighted by Crippen LogP contribution is -2.51. The van der Waals surface area contributed by atoms with Crippen molar-refractivity contribution in [2.24, 2.45) is 0 Å². The first kappa shape index (κ1) is 21.8. The zero-order valence-electron chi connectivity index (χ0n) is 16.1. The predicted octanol–water partition coefficient (Wildman–Crippen LogP) is 1.62. The van der Waals surface area contributed by atoms with Crippen LogP contribution < -0.4 is 5.32 Å². The van der Waals surface area contributed by atoms with E-state index in [2.05, 4.69) is 5.32 Å². The molecule has 2 aromatic carbocycles. The summed E-state index contributed by atoms with van der Waals surface area (Å²) in [6.45, 7) is 0.351. The normalized spacial score (nSPS) is 15.1. The van der Waals surface area contributed by atoms with Crippen molar-refractivity contribution >= 4 is 21.8 Å². The summed E-state index contributed by atoms with van der Waals surface area (Å²) in [4.78, 5) is 25.1. The number of halogens is 2. The lowest BCUT2D eigenvalue weighted by Gasteiger charge is -2.34. The Labute approximate surface area is 173 Å². The maximum absolute atomic E-state index is 13.9. The van der Waals surface area contributed by atoms with Gasteiger partial charge in [-0.15, -0.1) is 0 Å². The molecule has 0 atom stereocenters. The van der Waals surface area contributed by atoms with Crippen LogP contribution in [0.1, 0.15) is 16.8 Å². The summed E-state index contributed by atoms with van der Waals surface area (Å²) in [6.07, 6.45) is 0.0733. The largest absolute Gasteiger partial charge is 0.352 e. The van der Waals surface area contributed by atoms with Crippen LogP contribution >= 0.6 is 0 Å². The van der Waals surface area contributed by atoms with Gasteiger partial charge >= 0.3 is 0 Å². The van der Waals surface area contributed by atoms with Crippen molar-refractivity contribution in [3.8, 4) is 0 Å². The molecular weight excluding hydrogens is 416 g/mol. The summed E-state index contributed by atoms with van der Waals surface area (Å²) in [5.41, 5.74) is 0.494. The number of carbonyl (C=O) groups excluding carboxylic acids is 2. The Balaban J connectivity index is 1.50. The zero-order valence-corrected chi connectivity index (χ0v) is 16.9. The highest BCUT2D eigenvalue weighted by molar-refractivity contribution is 7.89. The number of benzene rings is 2. The van der Waals surface area contributed by atoms with Crippen LogP contribution in [0.3, 0.4) is 0 Å². The van der Waals surface area contributed by atoms with Gasteiger partial charge in [-0.25, -0.2) is 17.2 Å². The van der Waals surface area contributed by atoms with Crippen molar-refractivity contribution in [3.05, 3.63) is 65.7 Å². The summed E-state index contributed by atoms with van der Waals surface area (Å²) in [5.74, 6) is -2.38. The van der Waals surface area contributed by atoms with Crippen molar-refractivity contribution in [2.75, 3.05) is 32.7 Å². The van der Waals surface area contributed by atoms with Gasteiger partial charge in [-0.3, -0.25) is 9.59 Å². The van der Waals surface area contributed by atoms with E-state index in [1.54, 1.807) is 30.3 Å². The molecule has 0 bridgehead atoms. The molecular formula is C20H21F2N3O4S. The number of piperazine rings is 1. The molecule has 1 heterocycles. The Bertz CT molecular complexity index is 1020. The Hall–Kier alpha value is -2.85. The fourth-order valence-electron chi connectivity index (χ4n) is 3.12. The molecule has 160 valence electrons. The van der Waals surface area contributed by atoms with Gasteiger partial charge in [0.2, 0.25) is 15.9 Å². The second kappa shape index (κ2) is 9.31. The molecule has 0 saturated carbocycles. The van der Waals surface area contributed by atoms with E-state index in [1.807, 2.05) is 0 Å². The van der Waals surface area contributed by atoms with Gasteiger partial charge in [0.15, 0.2) is 0 Å². The highest BCUT2D eigenvalue weighted by Crippen LogP contribution is 2.21. The molecule has 0 unspecified atom stereocenters. The number of nitrogens with zero attached hydrogens (tertiary/aromatic N) is 2. The minimum atomic E-state index is -4.20. The standard InChI is InChI=1S/C20H21F2N3O4S/c21-16-6-7-17(22)18(14-16)30(28,29)25-12-10-24(11-13-25)19(26)8-9-23-20(27)15-4-2-1-3-5-15/h1-7,14H,8-13H2,(H,23,27). The Morgan fingerprint density at radius 1 is 0.967 bits per heavy atom. The number of sulfonamides is 1. The molecule has 1 fully saturated rings. The zero-order chi connectivity index (χ0) is 21.7. The van der Waals surface area contributed by atoms with E-state index in [-0.39, 0.29) is 51.0 Å². The Kier molecular flexibility index (Phi) is 6.78. The minimum Gasteiger partial charge on any atom is -0.352 e.